The van der Waals surface area contributed by atoms with Crippen molar-refractivity contribution in [1.82, 2.24) is 0 Å². The molecule has 0 radical (unpaired) electrons. The van der Waals surface area contributed by atoms with Gasteiger partial charge in [0.1, 0.15) is 0 Å². The summed E-state index contributed by atoms with van der Waals surface area (Å²) in [4.78, 5) is 24.3. The number of esters is 1. The first kappa shape index (κ1) is 14.9. The second kappa shape index (κ2) is 6.33. The molecule has 0 N–H and O–H groups in total. The van der Waals surface area contributed by atoms with Crippen molar-refractivity contribution in [3.8, 4) is 0 Å². The third-order valence-electron chi connectivity index (χ3n) is 2.92. The maximum Gasteiger partial charge on any atom is 0.338 e. The van der Waals surface area contributed by atoms with Gasteiger partial charge in [-0.2, -0.15) is 0 Å². The van der Waals surface area contributed by atoms with Crippen molar-refractivity contribution >= 4 is 39.0 Å². The minimum atomic E-state index is -0.475. The molecule has 5 heteroatoms. The zero-order valence-electron chi connectivity index (χ0n) is 11.1. The third kappa shape index (κ3) is 3.55. The van der Waals surface area contributed by atoms with Crippen molar-refractivity contribution in [2.75, 3.05) is 6.61 Å². The van der Waals surface area contributed by atoms with Crippen molar-refractivity contribution in [2.24, 2.45) is 0 Å². The van der Waals surface area contributed by atoms with Crippen molar-refractivity contribution in [1.29, 1.82) is 0 Å². The molecule has 0 aliphatic carbocycles. The van der Waals surface area contributed by atoms with Crippen LogP contribution in [0.1, 0.15) is 31.2 Å². The summed E-state index contributed by atoms with van der Waals surface area (Å²) in [6, 6.07) is 8.84. The lowest BCUT2D eigenvalue weighted by Gasteiger charge is -2.05. The lowest BCUT2D eigenvalue weighted by atomic mass is 10.1. The van der Waals surface area contributed by atoms with Crippen LogP contribution in [0.25, 0.3) is 0 Å². The van der Waals surface area contributed by atoms with E-state index in [-0.39, 0.29) is 12.4 Å². The number of ether oxygens (including phenoxy) is 1. The third-order valence-corrected chi connectivity index (χ3v) is 4.59. The highest BCUT2D eigenvalue weighted by Gasteiger charge is 2.13. The molecule has 2 aromatic rings. The van der Waals surface area contributed by atoms with Gasteiger partial charge in [-0.1, -0.05) is 6.07 Å². The predicted octanol–water partition coefficient (Wildman–Crippen LogP) is 4.17. The number of carbonyl (C=O) groups excluding carboxylic acids is 2. The van der Waals surface area contributed by atoms with E-state index >= 15 is 0 Å². The Bertz CT molecular complexity index is 661. The van der Waals surface area contributed by atoms with Crippen molar-refractivity contribution in [3.63, 3.8) is 0 Å². The fourth-order valence-electron chi connectivity index (χ4n) is 1.62. The smallest absolute Gasteiger partial charge is 0.338 e. The summed E-state index contributed by atoms with van der Waals surface area (Å²) in [6.07, 6.45) is 0. The summed E-state index contributed by atoms with van der Waals surface area (Å²) in [5, 5.41) is 0. The van der Waals surface area contributed by atoms with Gasteiger partial charge >= 0.3 is 5.97 Å². The minimum absolute atomic E-state index is 0.196. The Morgan fingerprint density at radius 3 is 2.50 bits per heavy atom. The van der Waals surface area contributed by atoms with Crippen molar-refractivity contribution < 1.29 is 14.3 Å². The van der Waals surface area contributed by atoms with E-state index in [0.29, 0.717) is 10.4 Å². The first-order valence-corrected chi connectivity index (χ1v) is 7.61. The number of aryl methyl sites for hydroxylation is 2. The first-order valence-electron chi connectivity index (χ1n) is 6.00. The van der Waals surface area contributed by atoms with Crippen LogP contribution in [0, 0.1) is 13.8 Å². The van der Waals surface area contributed by atoms with Gasteiger partial charge in [0.2, 0.25) is 5.78 Å². The van der Waals surface area contributed by atoms with E-state index in [9.17, 15) is 9.59 Å². The number of carbonyl (C=O) groups is 2. The van der Waals surface area contributed by atoms with E-state index < -0.39 is 5.97 Å². The molecule has 0 bridgehead atoms. The van der Waals surface area contributed by atoms with E-state index in [1.165, 1.54) is 11.3 Å². The summed E-state index contributed by atoms with van der Waals surface area (Å²) in [5.74, 6) is -0.671. The molecule has 20 heavy (non-hydrogen) atoms. The predicted molar refractivity (Wildman–Crippen MR) is 82.5 cm³/mol. The van der Waals surface area contributed by atoms with E-state index in [2.05, 4.69) is 15.9 Å². The van der Waals surface area contributed by atoms with E-state index in [4.69, 9.17) is 4.74 Å². The molecule has 1 heterocycles. The Morgan fingerprint density at radius 2 is 1.90 bits per heavy atom. The Kier molecular flexibility index (Phi) is 4.73. The molecule has 0 aliphatic heterocycles. The number of ketones is 1. The minimum Gasteiger partial charge on any atom is -0.454 e. The van der Waals surface area contributed by atoms with Gasteiger partial charge in [0.25, 0.3) is 0 Å². The van der Waals surface area contributed by atoms with Gasteiger partial charge in [0.15, 0.2) is 6.61 Å². The van der Waals surface area contributed by atoms with Crippen LogP contribution in [-0.2, 0) is 4.74 Å². The van der Waals surface area contributed by atoms with Crippen LogP contribution in [0.2, 0.25) is 0 Å². The van der Waals surface area contributed by atoms with Crippen molar-refractivity contribution in [3.05, 3.63) is 55.7 Å². The van der Waals surface area contributed by atoms with Gasteiger partial charge in [-0.3, -0.25) is 4.79 Å². The van der Waals surface area contributed by atoms with Gasteiger partial charge in [-0.25, -0.2) is 4.79 Å². The molecule has 3 nitrogen and oxygen atoms in total. The maximum absolute atomic E-state index is 11.9. The van der Waals surface area contributed by atoms with Gasteiger partial charge in [-0.05, 0) is 65.2 Å². The van der Waals surface area contributed by atoms with Crippen LogP contribution >= 0.6 is 27.3 Å². The highest BCUT2D eigenvalue weighted by Crippen LogP contribution is 2.22. The summed E-state index contributed by atoms with van der Waals surface area (Å²) >= 11 is 4.61. The fourth-order valence-corrected chi connectivity index (χ4v) is 2.93. The number of hydrogen-bond acceptors (Lipinski definition) is 4. The first-order chi connectivity index (χ1) is 9.47. The molecule has 0 atom stereocenters. The monoisotopic (exact) mass is 352 g/mol. The number of rotatable bonds is 4. The summed E-state index contributed by atoms with van der Waals surface area (Å²) in [6.45, 7) is 3.67. The summed E-state index contributed by atoms with van der Waals surface area (Å²) in [5.41, 5.74) is 2.60. The number of halogens is 1. The van der Waals surface area contributed by atoms with Crippen LogP contribution in [0.15, 0.2) is 34.1 Å². The van der Waals surface area contributed by atoms with Crippen LogP contribution in [0.5, 0.6) is 0 Å². The van der Waals surface area contributed by atoms with Gasteiger partial charge in [0, 0.05) is 0 Å². The van der Waals surface area contributed by atoms with Gasteiger partial charge < -0.3 is 4.74 Å². The van der Waals surface area contributed by atoms with Crippen LogP contribution in [0.4, 0.5) is 0 Å². The second-order valence-corrected chi connectivity index (χ2v) is 6.87. The topological polar surface area (TPSA) is 43.4 Å². The molecule has 0 spiro atoms. The highest BCUT2D eigenvalue weighted by molar-refractivity contribution is 9.11. The average molecular weight is 353 g/mol. The Labute approximate surface area is 129 Å². The number of Topliss-reactive ketones (excluding diaryl/α,β-unsaturated/α-hetero) is 1. The second-order valence-electron chi connectivity index (χ2n) is 4.40. The molecule has 0 amide bonds. The molecule has 0 fully saturated rings. The number of hydrogen-bond donors (Lipinski definition) is 0. The number of benzene rings is 1. The molecule has 2 rings (SSSR count). The molecule has 1 aromatic carbocycles. The summed E-state index contributed by atoms with van der Waals surface area (Å²) < 4.78 is 5.93. The molecule has 0 unspecified atom stereocenters. The zero-order chi connectivity index (χ0) is 14.7. The number of thiophene rings is 1. The van der Waals surface area contributed by atoms with Gasteiger partial charge in [-0.15, -0.1) is 11.3 Å². The molecule has 0 aliphatic rings. The summed E-state index contributed by atoms with van der Waals surface area (Å²) in [7, 11) is 0. The SMILES string of the molecule is Cc1ccc(C(=O)OCC(=O)c2ccc(Br)s2)cc1C. The van der Waals surface area contributed by atoms with Crippen molar-refractivity contribution in [2.45, 2.75) is 13.8 Å². The fraction of sp³-hybridized carbons (Fsp3) is 0.200. The van der Waals surface area contributed by atoms with Crippen LogP contribution in [-0.4, -0.2) is 18.4 Å². The lowest BCUT2D eigenvalue weighted by Crippen LogP contribution is -2.13. The molecular weight excluding hydrogens is 340 g/mol. The molecular formula is C15H13BrO3S. The highest BCUT2D eigenvalue weighted by atomic mass is 79.9. The lowest BCUT2D eigenvalue weighted by molar-refractivity contribution is 0.0475. The average Bonchev–Trinajstić information content (AvgIpc) is 2.85. The van der Waals surface area contributed by atoms with Crippen LogP contribution < -0.4 is 0 Å². The Hall–Kier alpha value is -1.46. The van der Waals surface area contributed by atoms with Crippen LogP contribution in [0.3, 0.4) is 0 Å². The zero-order valence-corrected chi connectivity index (χ0v) is 13.5. The largest absolute Gasteiger partial charge is 0.454 e. The maximum atomic E-state index is 11.9. The van der Waals surface area contributed by atoms with E-state index in [1.807, 2.05) is 19.9 Å². The molecule has 104 valence electrons. The molecule has 0 saturated heterocycles. The molecule has 0 saturated carbocycles. The Balaban J connectivity index is 1.98. The quantitative estimate of drug-likeness (QED) is 0.612. The normalized spacial score (nSPS) is 10.3. The van der Waals surface area contributed by atoms with Gasteiger partial charge in [0.05, 0.1) is 14.2 Å². The van der Waals surface area contributed by atoms with E-state index in [0.717, 1.165) is 14.9 Å². The molecule has 1 aromatic heterocycles. The Morgan fingerprint density at radius 1 is 1.15 bits per heavy atom. The standard InChI is InChI=1S/C15H13BrO3S/c1-9-3-4-11(7-10(9)2)15(18)19-8-12(17)13-5-6-14(16)20-13/h3-7H,8H2,1-2H3. The van der Waals surface area contributed by atoms with E-state index in [1.54, 1.807) is 24.3 Å².